The summed E-state index contributed by atoms with van der Waals surface area (Å²) in [5.41, 5.74) is 0.373. The van der Waals surface area contributed by atoms with Gasteiger partial charge in [-0.1, -0.05) is 11.6 Å². The van der Waals surface area contributed by atoms with E-state index in [2.05, 4.69) is 4.98 Å². The number of rotatable bonds is 4. The summed E-state index contributed by atoms with van der Waals surface area (Å²) in [6.45, 7) is 1.55. The minimum absolute atomic E-state index is 0.165. The number of halogens is 1. The van der Waals surface area contributed by atoms with E-state index in [1.165, 1.54) is 36.4 Å². The van der Waals surface area contributed by atoms with E-state index in [1.807, 2.05) is 0 Å². The van der Waals surface area contributed by atoms with Gasteiger partial charge < -0.3 is 14.3 Å². The summed E-state index contributed by atoms with van der Waals surface area (Å²) in [5, 5.41) is 11.3. The SMILES string of the molecule is Cc1ccc(OS(=O)(=O)c2ccc(Cl)cc2)c([N+](=O)[O-])n1. The van der Waals surface area contributed by atoms with Crippen molar-refractivity contribution in [2.75, 3.05) is 0 Å². The molecule has 0 fully saturated rings. The highest BCUT2D eigenvalue weighted by molar-refractivity contribution is 7.87. The number of benzene rings is 1. The first-order chi connectivity index (χ1) is 9.79. The molecule has 1 heterocycles. The van der Waals surface area contributed by atoms with Crippen molar-refractivity contribution in [3.8, 4) is 5.75 Å². The Balaban J connectivity index is 2.41. The predicted molar refractivity (Wildman–Crippen MR) is 74.9 cm³/mol. The largest absolute Gasteiger partial charge is 0.408 e. The van der Waals surface area contributed by atoms with E-state index < -0.39 is 26.6 Å². The average molecular weight is 329 g/mol. The zero-order chi connectivity index (χ0) is 15.6. The topological polar surface area (TPSA) is 99.4 Å². The van der Waals surface area contributed by atoms with Gasteiger partial charge in [-0.2, -0.15) is 8.42 Å². The van der Waals surface area contributed by atoms with Crippen LogP contribution in [0.4, 0.5) is 5.82 Å². The van der Waals surface area contributed by atoms with Crippen LogP contribution in [0.3, 0.4) is 0 Å². The predicted octanol–water partition coefficient (Wildman–Crippen LogP) is 2.72. The summed E-state index contributed by atoms with van der Waals surface area (Å²) in [6.07, 6.45) is 0. The molecule has 0 aliphatic rings. The zero-order valence-corrected chi connectivity index (χ0v) is 12.3. The standard InChI is InChI=1S/C12H9ClN2O5S/c1-8-2-7-11(12(14-8)15(16)17)20-21(18,19)10-5-3-9(13)4-6-10/h2-7H,1H3. The van der Waals surface area contributed by atoms with E-state index in [4.69, 9.17) is 15.8 Å². The lowest BCUT2D eigenvalue weighted by molar-refractivity contribution is -0.390. The van der Waals surface area contributed by atoms with E-state index in [0.717, 1.165) is 0 Å². The molecule has 0 atom stereocenters. The molecule has 0 saturated carbocycles. The van der Waals surface area contributed by atoms with Crippen LogP contribution in [-0.4, -0.2) is 18.3 Å². The van der Waals surface area contributed by atoms with Gasteiger partial charge in [-0.15, -0.1) is 0 Å². The maximum absolute atomic E-state index is 12.1. The van der Waals surface area contributed by atoms with Crippen LogP contribution in [0.25, 0.3) is 0 Å². The highest BCUT2D eigenvalue weighted by Crippen LogP contribution is 2.28. The van der Waals surface area contributed by atoms with Crippen LogP contribution in [-0.2, 0) is 10.1 Å². The molecule has 0 aliphatic carbocycles. The zero-order valence-electron chi connectivity index (χ0n) is 10.7. The van der Waals surface area contributed by atoms with Gasteiger partial charge in [0.25, 0.3) is 0 Å². The molecular weight excluding hydrogens is 320 g/mol. The molecule has 2 rings (SSSR count). The van der Waals surface area contributed by atoms with Crippen molar-refractivity contribution in [1.82, 2.24) is 4.98 Å². The molecule has 0 unspecified atom stereocenters. The van der Waals surface area contributed by atoms with Gasteiger partial charge in [0, 0.05) is 11.9 Å². The van der Waals surface area contributed by atoms with Crippen LogP contribution < -0.4 is 4.18 Å². The molecule has 9 heteroatoms. The lowest BCUT2D eigenvalue weighted by Gasteiger charge is -2.07. The summed E-state index contributed by atoms with van der Waals surface area (Å²) in [7, 11) is -4.20. The maximum atomic E-state index is 12.1. The van der Waals surface area contributed by atoms with Gasteiger partial charge in [0.2, 0.25) is 5.75 Å². The van der Waals surface area contributed by atoms with Gasteiger partial charge in [-0.25, -0.2) is 0 Å². The number of hydrogen-bond acceptors (Lipinski definition) is 6. The Hall–Kier alpha value is -2.19. The molecule has 7 nitrogen and oxygen atoms in total. The van der Waals surface area contributed by atoms with Crippen molar-refractivity contribution >= 4 is 27.5 Å². The first-order valence-corrected chi connectivity index (χ1v) is 7.40. The van der Waals surface area contributed by atoms with Crippen LogP contribution >= 0.6 is 11.6 Å². The first kappa shape index (κ1) is 15.2. The second-order valence-electron chi connectivity index (χ2n) is 4.02. The van der Waals surface area contributed by atoms with Crippen LogP contribution in [0, 0.1) is 17.0 Å². The fraction of sp³-hybridized carbons (Fsp3) is 0.0833. The number of nitro groups is 1. The van der Waals surface area contributed by atoms with Crippen molar-refractivity contribution in [3.63, 3.8) is 0 Å². The number of pyridine rings is 1. The molecule has 0 saturated heterocycles. The highest BCUT2D eigenvalue weighted by Gasteiger charge is 2.24. The van der Waals surface area contributed by atoms with Gasteiger partial charge in [0.05, 0.1) is 0 Å². The minimum Gasteiger partial charge on any atom is -0.370 e. The number of hydrogen-bond donors (Lipinski definition) is 0. The fourth-order valence-corrected chi connectivity index (χ4v) is 2.55. The quantitative estimate of drug-likeness (QED) is 0.486. The third-order valence-corrected chi connectivity index (χ3v) is 3.95. The Morgan fingerprint density at radius 1 is 1.19 bits per heavy atom. The van der Waals surface area contributed by atoms with Gasteiger partial charge in [-0.3, -0.25) is 0 Å². The van der Waals surface area contributed by atoms with Crippen LogP contribution in [0.1, 0.15) is 5.69 Å². The molecule has 0 amide bonds. The molecule has 0 spiro atoms. The van der Waals surface area contributed by atoms with E-state index in [1.54, 1.807) is 6.92 Å². The third-order valence-electron chi connectivity index (χ3n) is 2.45. The number of aromatic nitrogens is 1. The summed E-state index contributed by atoms with van der Waals surface area (Å²) in [4.78, 5) is 13.6. The van der Waals surface area contributed by atoms with E-state index in [9.17, 15) is 18.5 Å². The normalized spacial score (nSPS) is 11.1. The Bertz CT molecular complexity index is 790. The number of aryl methyl sites for hydroxylation is 1. The van der Waals surface area contributed by atoms with Crippen LogP contribution in [0.5, 0.6) is 5.75 Å². The second kappa shape index (κ2) is 5.66. The van der Waals surface area contributed by atoms with Crippen LogP contribution in [0.15, 0.2) is 41.3 Å². The van der Waals surface area contributed by atoms with Crippen molar-refractivity contribution in [2.24, 2.45) is 0 Å². The molecule has 0 N–H and O–H groups in total. The Morgan fingerprint density at radius 3 is 2.38 bits per heavy atom. The Kier molecular flexibility index (Phi) is 4.10. The highest BCUT2D eigenvalue weighted by atomic mass is 35.5. The smallest absolute Gasteiger partial charge is 0.370 e. The van der Waals surface area contributed by atoms with Crippen LogP contribution in [0.2, 0.25) is 5.02 Å². The molecule has 21 heavy (non-hydrogen) atoms. The van der Waals surface area contributed by atoms with Gasteiger partial charge in [-0.05, 0) is 46.3 Å². The van der Waals surface area contributed by atoms with Crippen molar-refractivity contribution in [3.05, 3.63) is 57.2 Å². The molecular formula is C12H9ClN2O5S. The van der Waals surface area contributed by atoms with Gasteiger partial charge in [0.1, 0.15) is 10.6 Å². The average Bonchev–Trinajstić information content (AvgIpc) is 2.41. The van der Waals surface area contributed by atoms with Crippen molar-refractivity contribution in [2.45, 2.75) is 11.8 Å². The van der Waals surface area contributed by atoms with E-state index >= 15 is 0 Å². The fourth-order valence-electron chi connectivity index (χ4n) is 1.49. The van der Waals surface area contributed by atoms with Gasteiger partial charge >= 0.3 is 15.9 Å². The summed E-state index contributed by atoms with van der Waals surface area (Å²) < 4.78 is 28.9. The molecule has 110 valence electrons. The summed E-state index contributed by atoms with van der Waals surface area (Å²) >= 11 is 5.67. The molecule has 1 aromatic heterocycles. The van der Waals surface area contributed by atoms with Crippen molar-refractivity contribution in [1.29, 1.82) is 0 Å². The Labute approximate surface area is 125 Å². The monoisotopic (exact) mass is 328 g/mol. The van der Waals surface area contributed by atoms with Crippen molar-refractivity contribution < 1.29 is 17.5 Å². The molecule has 0 radical (unpaired) electrons. The minimum atomic E-state index is -4.20. The number of nitrogens with zero attached hydrogens (tertiary/aromatic N) is 2. The summed E-state index contributed by atoms with van der Waals surface area (Å²) in [6, 6.07) is 7.84. The lowest BCUT2D eigenvalue weighted by atomic mass is 10.3. The molecule has 0 bridgehead atoms. The second-order valence-corrected chi connectivity index (χ2v) is 6.01. The van der Waals surface area contributed by atoms with Gasteiger partial charge in [0.15, 0.2) is 0 Å². The molecule has 2 aromatic rings. The maximum Gasteiger partial charge on any atom is 0.408 e. The first-order valence-electron chi connectivity index (χ1n) is 5.62. The molecule has 1 aromatic carbocycles. The van der Waals surface area contributed by atoms with E-state index in [-0.39, 0.29) is 4.90 Å². The van der Waals surface area contributed by atoms with E-state index in [0.29, 0.717) is 10.7 Å². The molecule has 0 aliphatic heterocycles. The summed E-state index contributed by atoms with van der Waals surface area (Å²) in [5.74, 6) is -1.10. The third kappa shape index (κ3) is 3.47. The lowest BCUT2D eigenvalue weighted by Crippen LogP contribution is -2.11. The Morgan fingerprint density at radius 2 is 1.81 bits per heavy atom.